The van der Waals surface area contributed by atoms with Crippen LogP contribution in [0, 0.1) is 11.8 Å². The number of nitrogens with one attached hydrogen (secondary N) is 1. The van der Waals surface area contributed by atoms with Crippen LogP contribution in [-0.2, 0) is 0 Å². The summed E-state index contributed by atoms with van der Waals surface area (Å²) in [5.41, 5.74) is 0.659. The first kappa shape index (κ1) is 13.8. The Morgan fingerprint density at radius 2 is 2.14 bits per heavy atom. The molecule has 0 spiro atoms. The normalized spacial score (nSPS) is 21.6. The first-order valence-electron chi connectivity index (χ1n) is 7.37. The van der Waals surface area contributed by atoms with Gasteiger partial charge in [-0.1, -0.05) is 25.5 Å². The molecule has 1 aromatic heterocycles. The lowest BCUT2D eigenvalue weighted by molar-refractivity contribution is 0.0684. The molecule has 2 aromatic rings. The highest BCUT2D eigenvalue weighted by atomic mass is 16.4. The van der Waals surface area contributed by atoms with Crippen molar-refractivity contribution in [3.63, 3.8) is 0 Å². The van der Waals surface area contributed by atoms with Gasteiger partial charge in [0.1, 0.15) is 5.82 Å². The van der Waals surface area contributed by atoms with E-state index < -0.39 is 5.97 Å². The van der Waals surface area contributed by atoms with Gasteiger partial charge in [-0.2, -0.15) is 0 Å². The van der Waals surface area contributed by atoms with E-state index in [1.807, 2.05) is 24.3 Å². The summed E-state index contributed by atoms with van der Waals surface area (Å²) < 4.78 is 0. The highest BCUT2D eigenvalue weighted by Crippen LogP contribution is 2.30. The summed E-state index contributed by atoms with van der Waals surface area (Å²) in [6.45, 7) is 3.12. The molecule has 0 saturated heterocycles. The van der Waals surface area contributed by atoms with Crippen molar-refractivity contribution in [2.45, 2.75) is 26.2 Å². The fraction of sp³-hybridized carbons (Fsp3) is 0.438. The van der Waals surface area contributed by atoms with Crippen molar-refractivity contribution < 1.29 is 9.90 Å². The summed E-state index contributed by atoms with van der Waals surface area (Å²) in [7, 11) is 0. The number of para-hydroxylation sites is 1. The number of benzene rings is 1. The molecule has 2 atom stereocenters. The second-order valence-corrected chi connectivity index (χ2v) is 5.88. The van der Waals surface area contributed by atoms with Gasteiger partial charge in [-0.15, -0.1) is 0 Å². The Labute approximate surface area is 123 Å². The zero-order chi connectivity index (χ0) is 14.8. The van der Waals surface area contributed by atoms with Crippen molar-refractivity contribution in [2.24, 2.45) is 11.8 Å². The summed E-state index contributed by atoms with van der Waals surface area (Å²) in [4.78, 5) is 19.4. The summed E-state index contributed by atoms with van der Waals surface area (Å²) in [6.07, 6.45) is 3.72. The number of aromatic carboxylic acids is 1. The molecular formula is C16H19N3O2. The number of aromatic nitrogens is 2. The molecule has 0 aliphatic heterocycles. The zero-order valence-electron chi connectivity index (χ0n) is 12.0. The summed E-state index contributed by atoms with van der Waals surface area (Å²) in [6, 6.07) is 7.49. The van der Waals surface area contributed by atoms with Gasteiger partial charge >= 0.3 is 5.97 Å². The molecular weight excluding hydrogens is 266 g/mol. The molecule has 3 rings (SSSR count). The van der Waals surface area contributed by atoms with Gasteiger partial charge in [0.25, 0.3) is 0 Å². The van der Waals surface area contributed by atoms with Crippen molar-refractivity contribution in [3.8, 4) is 0 Å². The molecule has 1 aliphatic rings. The van der Waals surface area contributed by atoms with Crippen LogP contribution in [0.5, 0.6) is 0 Å². The third-order valence-electron chi connectivity index (χ3n) is 4.16. The molecule has 110 valence electrons. The Morgan fingerprint density at radius 1 is 1.33 bits per heavy atom. The van der Waals surface area contributed by atoms with E-state index in [0.29, 0.717) is 17.3 Å². The average Bonchev–Trinajstić information content (AvgIpc) is 2.90. The van der Waals surface area contributed by atoms with Crippen LogP contribution < -0.4 is 5.32 Å². The molecule has 21 heavy (non-hydrogen) atoms. The van der Waals surface area contributed by atoms with Crippen LogP contribution >= 0.6 is 0 Å². The van der Waals surface area contributed by atoms with Crippen molar-refractivity contribution in [1.29, 1.82) is 0 Å². The highest BCUT2D eigenvalue weighted by molar-refractivity contribution is 5.93. The zero-order valence-corrected chi connectivity index (χ0v) is 12.0. The van der Waals surface area contributed by atoms with Crippen molar-refractivity contribution in [3.05, 3.63) is 30.1 Å². The Balaban J connectivity index is 1.87. The molecule has 0 amide bonds. The monoisotopic (exact) mass is 285 g/mol. The first-order chi connectivity index (χ1) is 10.1. The third-order valence-corrected chi connectivity index (χ3v) is 4.16. The number of carboxylic acid groups (broad SMARTS) is 1. The Hall–Kier alpha value is -2.17. The number of hydrogen-bond donors (Lipinski definition) is 2. The van der Waals surface area contributed by atoms with Gasteiger partial charge in [-0.25, -0.2) is 14.8 Å². The molecule has 5 heteroatoms. The van der Waals surface area contributed by atoms with E-state index in [4.69, 9.17) is 5.11 Å². The van der Waals surface area contributed by atoms with Crippen molar-refractivity contribution >= 4 is 22.7 Å². The van der Waals surface area contributed by atoms with Gasteiger partial charge in [0.05, 0.1) is 5.52 Å². The number of hydrogen-bond acceptors (Lipinski definition) is 4. The van der Waals surface area contributed by atoms with Gasteiger partial charge in [0.15, 0.2) is 0 Å². The first-order valence-corrected chi connectivity index (χ1v) is 7.37. The fourth-order valence-corrected chi connectivity index (χ4v) is 3.06. The lowest BCUT2D eigenvalue weighted by Crippen LogP contribution is -2.15. The summed E-state index contributed by atoms with van der Waals surface area (Å²) in [5, 5.41) is 13.3. The second-order valence-electron chi connectivity index (χ2n) is 5.88. The van der Waals surface area contributed by atoms with E-state index in [1.165, 1.54) is 19.3 Å². The van der Waals surface area contributed by atoms with Crippen LogP contribution in [0.1, 0.15) is 36.8 Å². The fourth-order valence-electron chi connectivity index (χ4n) is 3.06. The largest absolute Gasteiger partial charge is 0.475 e. The Bertz CT molecular complexity index is 672. The van der Waals surface area contributed by atoms with Crippen LogP contribution in [-0.4, -0.2) is 27.6 Å². The number of anilines is 1. The van der Waals surface area contributed by atoms with Crippen LogP contribution in [0.4, 0.5) is 5.82 Å². The predicted molar refractivity (Wildman–Crippen MR) is 81.5 cm³/mol. The van der Waals surface area contributed by atoms with E-state index >= 15 is 0 Å². The van der Waals surface area contributed by atoms with Gasteiger partial charge in [0, 0.05) is 11.9 Å². The maximum absolute atomic E-state index is 11.1. The minimum Gasteiger partial charge on any atom is -0.475 e. The second kappa shape index (κ2) is 5.68. The molecule has 1 heterocycles. The summed E-state index contributed by atoms with van der Waals surface area (Å²) >= 11 is 0. The molecule has 1 saturated carbocycles. The van der Waals surface area contributed by atoms with Gasteiger partial charge in [-0.05, 0) is 36.8 Å². The van der Waals surface area contributed by atoms with Crippen LogP contribution in [0.2, 0.25) is 0 Å². The van der Waals surface area contributed by atoms with Crippen molar-refractivity contribution in [1.82, 2.24) is 9.97 Å². The molecule has 2 unspecified atom stereocenters. The quantitative estimate of drug-likeness (QED) is 0.902. The standard InChI is InChI=1S/C16H19N3O2/c1-10-6-7-11(8-10)9-17-14-12-4-2-3-5-13(12)18-15(19-14)16(20)21/h2-5,10-11H,6-9H2,1H3,(H,20,21)(H,17,18,19). The SMILES string of the molecule is CC1CCC(CNc2nc(C(=O)O)nc3ccccc23)C1. The maximum Gasteiger partial charge on any atom is 0.374 e. The van der Waals surface area contributed by atoms with Gasteiger partial charge in [-0.3, -0.25) is 0 Å². The molecule has 0 bridgehead atoms. The lowest BCUT2D eigenvalue weighted by atomic mass is 10.1. The number of fused-ring (bicyclic) bond motifs is 1. The number of carboxylic acids is 1. The smallest absolute Gasteiger partial charge is 0.374 e. The molecule has 0 radical (unpaired) electrons. The molecule has 2 N–H and O–H groups in total. The molecule has 1 fully saturated rings. The minimum absolute atomic E-state index is 0.156. The maximum atomic E-state index is 11.1. The third kappa shape index (κ3) is 2.96. The topological polar surface area (TPSA) is 75.1 Å². The van der Waals surface area contributed by atoms with Crippen LogP contribution in [0.3, 0.4) is 0 Å². The Kier molecular flexibility index (Phi) is 3.73. The van der Waals surface area contributed by atoms with E-state index in [0.717, 1.165) is 17.8 Å². The highest BCUT2D eigenvalue weighted by Gasteiger charge is 2.21. The molecule has 1 aliphatic carbocycles. The van der Waals surface area contributed by atoms with Crippen LogP contribution in [0.15, 0.2) is 24.3 Å². The van der Waals surface area contributed by atoms with E-state index in [1.54, 1.807) is 0 Å². The van der Waals surface area contributed by atoms with E-state index in [9.17, 15) is 4.79 Å². The average molecular weight is 285 g/mol. The van der Waals surface area contributed by atoms with Gasteiger partial charge < -0.3 is 10.4 Å². The Morgan fingerprint density at radius 3 is 2.86 bits per heavy atom. The lowest BCUT2D eigenvalue weighted by Gasteiger charge is -2.13. The number of rotatable bonds is 4. The van der Waals surface area contributed by atoms with Crippen LogP contribution in [0.25, 0.3) is 10.9 Å². The van der Waals surface area contributed by atoms with Gasteiger partial charge in [0.2, 0.25) is 5.82 Å². The number of carbonyl (C=O) groups is 1. The minimum atomic E-state index is -1.10. The summed E-state index contributed by atoms with van der Waals surface area (Å²) in [5.74, 6) is 0.794. The van der Waals surface area contributed by atoms with Crippen molar-refractivity contribution in [2.75, 3.05) is 11.9 Å². The molecule has 5 nitrogen and oxygen atoms in total. The van der Waals surface area contributed by atoms with E-state index in [-0.39, 0.29) is 5.82 Å². The number of nitrogens with zero attached hydrogens (tertiary/aromatic N) is 2. The van der Waals surface area contributed by atoms with E-state index in [2.05, 4.69) is 22.2 Å². The molecule has 1 aromatic carbocycles. The predicted octanol–water partition coefficient (Wildman–Crippen LogP) is 3.18.